The number of hydrazone groups is 1. The summed E-state index contributed by atoms with van der Waals surface area (Å²) < 4.78 is 0. The van der Waals surface area contributed by atoms with E-state index >= 15 is 0 Å². The number of nitrogens with zero attached hydrogens (tertiary/aromatic N) is 3. The molecule has 0 saturated heterocycles. The topological polar surface area (TPSA) is 62.2 Å². The zero-order valence-electron chi connectivity index (χ0n) is 12.3. The highest BCUT2D eigenvalue weighted by molar-refractivity contribution is 7.17. The fraction of sp³-hybridized carbons (Fsp3) is 0.0625. The zero-order valence-corrected chi connectivity index (χ0v) is 13.9. The van der Waals surface area contributed by atoms with Gasteiger partial charge >= 0.3 is 0 Å². The van der Waals surface area contributed by atoms with Crippen molar-refractivity contribution in [2.75, 3.05) is 10.7 Å². The lowest BCUT2D eigenvalue weighted by molar-refractivity contribution is 1.23. The predicted molar refractivity (Wildman–Crippen MR) is 97.0 cm³/mol. The molecule has 5 nitrogen and oxygen atoms in total. The molecule has 0 amide bonds. The van der Waals surface area contributed by atoms with Crippen LogP contribution in [0.15, 0.2) is 53.8 Å². The van der Waals surface area contributed by atoms with E-state index in [1.807, 2.05) is 49.4 Å². The van der Waals surface area contributed by atoms with Gasteiger partial charge in [-0.05, 0) is 30.7 Å². The largest absolute Gasteiger partial charge is 0.331 e. The molecule has 0 fully saturated rings. The van der Waals surface area contributed by atoms with Crippen LogP contribution in [0.5, 0.6) is 0 Å². The van der Waals surface area contributed by atoms with Crippen molar-refractivity contribution in [3.05, 3.63) is 64.3 Å². The van der Waals surface area contributed by atoms with Gasteiger partial charge in [-0.3, -0.25) is 5.43 Å². The quantitative estimate of drug-likeness (QED) is 0.521. The molecule has 0 atom stereocenters. The van der Waals surface area contributed by atoms with Crippen LogP contribution >= 0.6 is 22.9 Å². The first-order valence-corrected chi connectivity index (χ1v) is 8.11. The summed E-state index contributed by atoms with van der Waals surface area (Å²) >= 11 is 7.59. The molecule has 2 aromatic heterocycles. The Morgan fingerprint density at radius 2 is 2.00 bits per heavy atom. The van der Waals surface area contributed by atoms with Gasteiger partial charge in [-0.25, -0.2) is 9.97 Å². The lowest BCUT2D eigenvalue weighted by atomic mass is 10.2. The van der Waals surface area contributed by atoms with Crippen LogP contribution in [-0.2, 0) is 0 Å². The van der Waals surface area contributed by atoms with Gasteiger partial charge in [-0.1, -0.05) is 47.2 Å². The van der Waals surface area contributed by atoms with Crippen molar-refractivity contribution >= 4 is 45.8 Å². The highest BCUT2D eigenvalue weighted by Crippen LogP contribution is 2.29. The number of benzene rings is 1. The number of aromatic nitrogens is 2. The summed E-state index contributed by atoms with van der Waals surface area (Å²) in [5.74, 6) is 0.669. The molecule has 3 aromatic rings. The highest BCUT2D eigenvalue weighted by atomic mass is 35.5. The van der Waals surface area contributed by atoms with Gasteiger partial charge in [0.15, 0.2) is 10.3 Å². The van der Waals surface area contributed by atoms with Crippen LogP contribution in [0.2, 0.25) is 5.15 Å². The van der Waals surface area contributed by atoms with Gasteiger partial charge in [0, 0.05) is 11.9 Å². The number of anilines is 3. The molecule has 0 aliphatic carbocycles. The summed E-state index contributed by atoms with van der Waals surface area (Å²) in [6.07, 6.45) is 3.33. The molecule has 23 heavy (non-hydrogen) atoms. The Morgan fingerprint density at radius 3 is 2.78 bits per heavy atom. The van der Waals surface area contributed by atoms with Crippen molar-refractivity contribution in [1.29, 1.82) is 0 Å². The number of para-hydroxylation sites is 1. The predicted octanol–water partition coefficient (Wildman–Crippen LogP) is 4.69. The van der Waals surface area contributed by atoms with E-state index < -0.39 is 0 Å². The average molecular weight is 344 g/mol. The van der Waals surface area contributed by atoms with E-state index in [2.05, 4.69) is 25.8 Å². The Bertz CT molecular complexity index is 816. The number of rotatable bonds is 5. The number of aryl methyl sites for hydroxylation is 1. The molecule has 0 aliphatic rings. The first kappa shape index (κ1) is 15.5. The van der Waals surface area contributed by atoms with Crippen molar-refractivity contribution in [3.8, 4) is 0 Å². The molecule has 0 radical (unpaired) electrons. The fourth-order valence-electron chi connectivity index (χ4n) is 1.86. The normalized spacial score (nSPS) is 10.9. The molecule has 0 bridgehead atoms. The minimum Gasteiger partial charge on any atom is -0.331 e. The molecular formula is C16H14ClN5S. The maximum atomic E-state index is 6.16. The summed E-state index contributed by atoms with van der Waals surface area (Å²) in [6.45, 7) is 2.04. The number of halogens is 1. The average Bonchev–Trinajstić information content (AvgIpc) is 2.90. The van der Waals surface area contributed by atoms with Crippen LogP contribution in [0.3, 0.4) is 0 Å². The van der Waals surface area contributed by atoms with E-state index in [4.69, 9.17) is 11.6 Å². The van der Waals surface area contributed by atoms with E-state index in [1.54, 1.807) is 12.4 Å². The Labute approximate surface area is 143 Å². The molecule has 0 saturated carbocycles. The van der Waals surface area contributed by atoms with Gasteiger partial charge in [-0.2, -0.15) is 5.10 Å². The number of nitrogens with one attached hydrogen (secondary N) is 2. The van der Waals surface area contributed by atoms with Crippen molar-refractivity contribution < 1.29 is 0 Å². The molecule has 3 rings (SSSR count). The molecule has 0 aliphatic heterocycles. The number of pyridine rings is 1. The van der Waals surface area contributed by atoms with E-state index in [1.165, 1.54) is 11.3 Å². The van der Waals surface area contributed by atoms with Crippen LogP contribution in [0.4, 0.5) is 16.6 Å². The minimum atomic E-state index is 0.414. The Morgan fingerprint density at radius 1 is 1.17 bits per heavy atom. The molecule has 7 heteroatoms. The van der Waals surface area contributed by atoms with Gasteiger partial charge < -0.3 is 5.32 Å². The molecule has 2 N–H and O–H groups in total. The molecule has 2 heterocycles. The van der Waals surface area contributed by atoms with Gasteiger partial charge in [0.2, 0.25) is 0 Å². The maximum Gasteiger partial charge on any atom is 0.189 e. The summed E-state index contributed by atoms with van der Waals surface area (Å²) in [7, 11) is 0. The standard InChI is InChI=1S/C16H14ClN5S/c1-11-6-2-3-7-12(11)20-16-21-15(17)13(23-16)10-19-22-14-8-4-5-9-18-14/h2-10H,1H3,(H,18,22)(H,20,21)/b19-10+. The van der Waals surface area contributed by atoms with Gasteiger partial charge in [0.1, 0.15) is 5.82 Å². The first-order valence-electron chi connectivity index (χ1n) is 6.91. The molecule has 0 unspecified atom stereocenters. The van der Waals surface area contributed by atoms with Crippen LogP contribution in [-0.4, -0.2) is 16.2 Å². The van der Waals surface area contributed by atoms with Crippen LogP contribution in [0.25, 0.3) is 0 Å². The number of hydrogen-bond acceptors (Lipinski definition) is 6. The number of thiazole rings is 1. The Balaban J connectivity index is 1.70. The van der Waals surface area contributed by atoms with E-state index in [-0.39, 0.29) is 0 Å². The molecule has 0 spiro atoms. The van der Waals surface area contributed by atoms with Crippen molar-refractivity contribution in [2.24, 2.45) is 5.10 Å². The van der Waals surface area contributed by atoms with E-state index in [0.29, 0.717) is 11.0 Å². The first-order chi connectivity index (χ1) is 11.2. The lowest BCUT2D eigenvalue weighted by Gasteiger charge is -2.05. The SMILES string of the molecule is Cc1ccccc1Nc1nc(Cl)c(/C=N/Nc2ccccn2)s1. The van der Waals surface area contributed by atoms with Gasteiger partial charge in [-0.15, -0.1) is 0 Å². The third-order valence-electron chi connectivity index (χ3n) is 3.02. The summed E-state index contributed by atoms with van der Waals surface area (Å²) in [5.41, 5.74) is 5.00. The Kier molecular flexibility index (Phi) is 4.85. The lowest BCUT2D eigenvalue weighted by Crippen LogP contribution is -1.91. The van der Waals surface area contributed by atoms with Gasteiger partial charge in [0.05, 0.1) is 11.1 Å². The zero-order chi connectivity index (χ0) is 16.1. The highest BCUT2D eigenvalue weighted by Gasteiger charge is 2.08. The smallest absolute Gasteiger partial charge is 0.189 e. The van der Waals surface area contributed by atoms with Crippen LogP contribution in [0, 0.1) is 6.92 Å². The van der Waals surface area contributed by atoms with E-state index in [0.717, 1.165) is 21.3 Å². The number of hydrogen-bond donors (Lipinski definition) is 2. The third-order valence-corrected chi connectivity index (χ3v) is 4.33. The molecule has 1 aromatic carbocycles. The second-order valence-corrected chi connectivity index (χ2v) is 6.09. The minimum absolute atomic E-state index is 0.414. The molecule has 116 valence electrons. The summed E-state index contributed by atoms with van der Waals surface area (Å²) in [5, 5.41) is 8.54. The monoisotopic (exact) mass is 343 g/mol. The Hall–Kier alpha value is -2.44. The van der Waals surface area contributed by atoms with Crippen molar-refractivity contribution in [2.45, 2.75) is 6.92 Å². The van der Waals surface area contributed by atoms with Gasteiger partial charge in [0.25, 0.3) is 0 Å². The van der Waals surface area contributed by atoms with Crippen LogP contribution in [0.1, 0.15) is 10.4 Å². The summed E-state index contributed by atoms with van der Waals surface area (Å²) in [4.78, 5) is 9.20. The second kappa shape index (κ2) is 7.21. The van der Waals surface area contributed by atoms with Crippen LogP contribution < -0.4 is 10.7 Å². The maximum absolute atomic E-state index is 6.16. The third kappa shape index (κ3) is 4.06. The second-order valence-electron chi connectivity index (χ2n) is 4.70. The van der Waals surface area contributed by atoms with E-state index in [9.17, 15) is 0 Å². The summed E-state index contributed by atoms with van der Waals surface area (Å²) in [6, 6.07) is 13.6. The van der Waals surface area contributed by atoms with Crippen molar-refractivity contribution in [1.82, 2.24) is 9.97 Å². The molecular weight excluding hydrogens is 330 g/mol. The fourth-order valence-corrected chi connectivity index (χ4v) is 2.90. The van der Waals surface area contributed by atoms with Crippen molar-refractivity contribution in [3.63, 3.8) is 0 Å².